The Bertz CT molecular complexity index is 104. The van der Waals surface area contributed by atoms with Gasteiger partial charge in [0.15, 0.2) is 0 Å². The second-order valence-electron chi connectivity index (χ2n) is 2.35. The molecule has 0 N–H and O–H groups in total. The summed E-state index contributed by atoms with van der Waals surface area (Å²) in [5.74, 6) is -2.42. The van der Waals surface area contributed by atoms with Crippen molar-refractivity contribution >= 4 is 0 Å². The molecule has 1 rings (SSSR count). The fraction of sp³-hybridized carbons (Fsp3) is 1.00. The van der Waals surface area contributed by atoms with Crippen LogP contribution in [-0.4, -0.2) is 30.5 Å². The van der Waals surface area contributed by atoms with Crippen LogP contribution in [-0.2, 0) is 0 Å². The van der Waals surface area contributed by atoms with Crippen LogP contribution in [0.3, 0.4) is 0 Å². The van der Waals surface area contributed by atoms with Gasteiger partial charge in [-0.15, -0.1) is 0 Å². The van der Waals surface area contributed by atoms with Gasteiger partial charge in [0, 0.05) is 0 Å². The van der Waals surface area contributed by atoms with Gasteiger partial charge in [-0.3, -0.25) is 4.90 Å². The summed E-state index contributed by atoms with van der Waals surface area (Å²) in [5, 5.41) is 0. The first-order chi connectivity index (χ1) is 4.54. The third-order valence-electron chi connectivity index (χ3n) is 1.73. The van der Waals surface area contributed by atoms with Crippen LogP contribution in [0.2, 0.25) is 0 Å². The molecular weight excluding hydrogens is 136 g/mol. The monoisotopic (exact) mass is 151 g/mol. The van der Waals surface area contributed by atoms with E-state index in [1.165, 1.54) is 6.92 Å². The van der Waals surface area contributed by atoms with Crippen LogP contribution in [0.25, 0.3) is 0 Å². The van der Waals surface area contributed by atoms with E-state index in [-0.39, 0.29) is 6.54 Å². The molecule has 1 aliphatic heterocycles. The Balaban J connectivity index is 0.000000371. The molecule has 62 valence electrons. The zero-order valence-corrected chi connectivity index (χ0v) is 6.99. The summed E-state index contributed by atoms with van der Waals surface area (Å²) >= 11 is 0. The number of likely N-dealkylation sites (tertiary alicyclic amines) is 1. The minimum atomic E-state index is -2.42. The van der Waals surface area contributed by atoms with Crippen molar-refractivity contribution in [3.63, 3.8) is 0 Å². The molecule has 0 bridgehead atoms. The Labute approximate surface area is 61.0 Å². The molecule has 1 atom stereocenters. The summed E-state index contributed by atoms with van der Waals surface area (Å²) in [6.45, 7) is 5.46. The van der Waals surface area contributed by atoms with Crippen molar-refractivity contribution in [2.75, 3.05) is 13.6 Å². The maximum Gasteiger partial charge on any atom is 0.275 e. The third-order valence-corrected chi connectivity index (χ3v) is 1.73. The molecule has 0 aromatic heterocycles. The second-order valence-corrected chi connectivity index (χ2v) is 2.35. The molecule has 1 fully saturated rings. The Hall–Kier alpha value is -0.180. The van der Waals surface area contributed by atoms with Crippen molar-refractivity contribution in [2.24, 2.45) is 0 Å². The smallest absolute Gasteiger partial charge is 0.275 e. The molecule has 0 aromatic rings. The van der Waals surface area contributed by atoms with Gasteiger partial charge >= 0.3 is 0 Å². The lowest BCUT2D eigenvalue weighted by Crippen LogP contribution is -2.61. The van der Waals surface area contributed by atoms with Gasteiger partial charge in [-0.1, -0.05) is 13.8 Å². The van der Waals surface area contributed by atoms with E-state index in [1.54, 1.807) is 11.9 Å². The summed E-state index contributed by atoms with van der Waals surface area (Å²) in [5.41, 5.74) is 0. The number of halogens is 2. The molecule has 0 radical (unpaired) electrons. The zero-order chi connectivity index (χ0) is 8.36. The molecular formula is C7H15F2N. The van der Waals surface area contributed by atoms with Crippen LogP contribution < -0.4 is 0 Å². The molecule has 1 aliphatic rings. The van der Waals surface area contributed by atoms with E-state index in [0.717, 1.165) is 0 Å². The van der Waals surface area contributed by atoms with Gasteiger partial charge in [0.2, 0.25) is 0 Å². The highest BCUT2D eigenvalue weighted by Crippen LogP contribution is 2.32. The van der Waals surface area contributed by atoms with E-state index in [0.29, 0.717) is 0 Å². The average Bonchev–Trinajstić information content (AvgIpc) is 1.91. The van der Waals surface area contributed by atoms with Crippen molar-refractivity contribution in [2.45, 2.75) is 32.7 Å². The lowest BCUT2D eigenvalue weighted by molar-refractivity contribution is -0.165. The fourth-order valence-corrected chi connectivity index (χ4v) is 0.812. The molecule has 0 spiro atoms. The van der Waals surface area contributed by atoms with E-state index in [2.05, 4.69) is 0 Å². The molecule has 0 aromatic carbocycles. The van der Waals surface area contributed by atoms with Crippen molar-refractivity contribution < 1.29 is 8.78 Å². The number of alkyl halides is 2. The molecule has 1 saturated heterocycles. The maximum absolute atomic E-state index is 12.1. The lowest BCUT2D eigenvalue weighted by Gasteiger charge is -2.43. The number of rotatable bonds is 0. The molecule has 3 heteroatoms. The normalized spacial score (nSPS) is 30.0. The SMILES string of the molecule is CC.CC1N(C)CC1(F)F. The first-order valence-corrected chi connectivity index (χ1v) is 3.62. The van der Waals surface area contributed by atoms with Crippen LogP contribution in [0.1, 0.15) is 20.8 Å². The van der Waals surface area contributed by atoms with Crippen LogP contribution in [0.5, 0.6) is 0 Å². The van der Waals surface area contributed by atoms with E-state index < -0.39 is 12.0 Å². The quantitative estimate of drug-likeness (QED) is 0.511. The van der Waals surface area contributed by atoms with E-state index in [1.807, 2.05) is 13.8 Å². The van der Waals surface area contributed by atoms with Crippen molar-refractivity contribution in [1.82, 2.24) is 4.90 Å². The topological polar surface area (TPSA) is 3.24 Å². The predicted molar refractivity (Wildman–Crippen MR) is 38.4 cm³/mol. The third kappa shape index (κ3) is 1.66. The highest BCUT2D eigenvalue weighted by Gasteiger charge is 2.49. The molecule has 0 amide bonds. The highest BCUT2D eigenvalue weighted by atomic mass is 19.3. The van der Waals surface area contributed by atoms with Crippen LogP contribution >= 0.6 is 0 Å². The van der Waals surface area contributed by atoms with E-state index in [9.17, 15) is 8.78 Å². The van der Waals surface area contributed by atoms with E-state index >= 15 is 0 Å². The summed E-state index contributed by atoms with van der Waals surface area (Å²) in [6, 6.07) is -0.553. The largest absolute Gasteiger partial charge is 0.292 e. The minimum Gasteiger partial charge on any atom is -0.292 e. The van der Waals surface area contributed by atoms with E-state index in [4.69, 9.17) is 0 Å². The summed E-state index contributed by atoms with van der Waals surface area (Å²) in [4.78, 5) is 1.62. The van der Waals surface area contributed by atoms with Crippen LogP contribution in [0.15, 0.2) is 0 Å². The summed E-state index contributed by atoms with van der Waals surface area (Å²) in [7, 11) is 1.70. The molecule has 0 aliphatic carbocycles. The molecule has 1 heterocycles. The Kier molecular flexibility index (Phi) is 3.22. The lowest BCUT2D eigenvalue weighted by atomic mass is 10.0. The van der Waals surface area contributed by atoms with Gasteiger partial charge in [-0.2, -0.15) is 0 Å². The molecule has 1 unspecified atom stereocenters. The van der Waals surface area contributed by atoms with Gasteiger partial charge in [-0.25, -0.2) is 8.78 Å². The number of nitrogens with zero attached hydrogens (tertiary/aromatic N) is 1. The average molecular weight is 151 g/mol. The van der Waals surface area contributed by atoms with Crippen LogP contribution in [0, 0.1) is 0 Å². The zero-order valence-electron chi connectivity index (χ0n) is 6.99. The fourth-order valence-electron chi connectivity index (χ4n) is 0.812. The first kappa shape index (κ1) is 9.82. The molecule has 10 heavy (non-hydrogen) atoms. The van der Waals surface area contributed by atoms with Gasteiger partial charge in [0.1, 0.15) is 0 Å². The Morgan fingerprint density at radius 3 is 1.80 bits per heavy atom. The number of hydrogen-bond acceptors (Lipinski definition) is 1. The number of hydrogen-bond donors (Lipinski definition) is 0. The van der Waals surface area contributed by atoms with Gasteiger partial charge < -0.3 is 0 Å². The van der Waals surface area contributed by atoms with Crippen molar-refractivity contribution in [3.05, 3.63) is 0 Å². The van der Waals surface area contributed by atoms with Gasteiger partial charge in [0.05, 0.1) is 12.6 Å². The van der Waals surface area contributed by atoms with Crippen LogP contribution in [0.4, 0.5) is 8.78 Å². The van der Waals surface area contributed by atoms with Crippen molar-refractivity contribution in [3.8, 4) is 0 Å². The summed E-state index contributed by atoms with van der Waals surface area (Å²) < 4.78 is 24.3. The first-order valence-electron chi connectivity index (χ1n) is 3.62. The Morgan fingerprint density at radius 2 is 1.80 bits per heavy atom. The maximum atomic E-state index is 12.1. The summed E-state index contributed by atoms with van der Waals surface area (Å²) in [6.07, 6.45) is 0. The van der Waals surface area contributed by atoms with Gasteiger partial charge in [0.25, 0.3) is 5.92 Å². The minimum absolute atomic E-state index is 0.0752. The standard InChI is InChI=1S/C5H9F2N.C2H6/c1-4-5(6,7)3-8(4)2;1-2/h4H,3H2,1-2H3;1-2H3. The molecule has 0 saturated carbocycles. The second kappa shape index (κ2) is 3.28. The van der Waals surface area contributed by atoms with Crippen molar-refractivity contribution in [1.29, 1.82) is 0 Å². The molecule has 1 nitrogen and oxygen atoms in total. The Morgan fingerprint density at radius 1 is 1.40 bits per heavy atom. The highest BCUT2D eigenvalue weighted by molar-refractivity contribution is 4.93. The van der Waals surface area contributed by atoms with Gasteiger partial charge in [-0.05, 0) is 14.0 Å². The predicted octanol–water partition coefficient (Wildman–Crippen LogP) is 1.98.